The van der Waals surface area contributed by atoms with Gasteiger partial charge in [0, 0.05) is 51.3 Å². The molecule has 0 unspecified atom stereocenters. The second-order valence-corrected chi connectivity index (χ2v) is 7.91. The number of benzene rings is 1. The van der Waals surface area contributed by atoms with E-state index in [1.807, 2.05) is 29.2 Å². The molecule has 1 aliphatic heterocycles. The summed E-state index contributed by atoms with van der Waals surface area (Å²) in [7, 11) is 3.17. The first-order valence-corrected chi connectivity index (χ1v) is 10.7. The van der Waals surface area contributed by atoms with Gasteiger partial charge in [0.2, 0.25) is 5.91 Å². The zero-order chi connectivity index (χ0) is 22.2. The molecule has 1 aromatic carbocycles. The molecule has 0 atom stereocenters. The highest BCUT2D eigenvalue weighted by Gasteiger charge is 2.24. The molecule has 0 aliphatic carbocycles. The molecule has 0 bridgehead atoms. The first-order chi connectivity index (χ1) is 15.0. The third kappa shape index (κ3) is 6.07. The van der Waals surface area contributed by atoms with Crippen LogP contribution in [0.25, 0.3) is 11.3 Å². The summed E-state index contributed by atoms with van der Waals surface area (Å²) >= 11 is 0. The summed E-state index contributed by atoms with van der Waals surface area (Å²) in [5.74, 6) is 1.63. The van der Waals surface area contributed by atoms with Crippen LogP contribution in [0, 0.1) is 5.92 Å². The number of piperidine rings is 1. The second kappa shape index (κ2) is 10.9. The quantitative estimate of drug-likeness (QED) is 0.609. The third-order valence-electron chi connectivity index (χ3n) is 5.67. The van der Waals surface area contributed by atoms with Gasteiger partial charge in [0.15, 0.2) is 11.5 Å². The minimum atomic E-state index is -0.282. The summed E-state index contributed by atoms with van der Waals surface area (Å²) in [5.41, 5.74) is 0.969. The average Bonchev–Trinajstić information content (AvgIpc) is 3.29. The Hall–Kier alpha value is -2.87. The van der Waals surface area contributed by atoms with E-state index in [4.69, 9.17) is 14.0 Å². The molecule has 168 valence electrons. The Morgan fingerprint density at radius 2 is 1.97 bits per heavy atom. The first kappa shape index (κ1) is 22.8. The SMILES string of the molecule is COCCN(CCC(=O)N1CCC(C)CC1)C(=O)c1cc(-c2cccc(OC)c2)on1. The number of likely N-dealkylation sites (tertiary alicyclic amines) is 1. The van der Waals surface area contributed by atoms with Gasteiger partial charge >= 0.3 is 0 Å². The van der Waals surface area contributed by atoms with Crippen LogP contribution in [-0.4, -0.2) is 73.8 Å². The molecule has 3 rings (SSSR count). The van der Waals surface area contributed by atoms with E-state index in [1.54, 1.807) is 25.2 Å². The Balaban J connectivity index is 1.65. The van der Waals surface area contributed by atoms with Gasteiger partial charge in [0.1, 0.15) is 5.75 Å². The molecular weight excluding hydrogens is 398 g/mol. The van der Waals surface area contributed by atoms with Crippen LogP contribution in [0.2, 0.25) is 0 Å². The van der Waals surface area contributed by atoms with Crippen LogP contribution in [0.1, 0.15) is 36.7 Å². The number of carbonyl (C=O) groups is 2. The van der Waals surface area contributed by atoms with E-state index >= 15 is 0 Å². The lowest BCUT2D eigenvalue weighted by atomic mass is 9.99. The highest BCUT2D eigenvalue weighted by atomic mass is 16.5. The molecule has 2 aromatic rings. The Morgan fingerprint density at radius 3 is 2.68 bits per heavy atom. The van der Waals surface area contributed by atoms with Gasteiger partial charge in [-0.3, -0.25) is 9.59 Å². The summed E-state index contributed by atoms with van der Waals surface area (Å²) in [4.78, 5) is 29.1. The van der Waals surface area contributed by atoms with Gasteiger partial charge in [-0.2, -0.15) is 0 Å². The summed E-state index contributed by atoms with van der Waals surface area (Å²) in [5, 5.41) is 3.96. The second-order valence-electron chi connectivity index (χ2n) is 7.91. The zero-order valence-corrected chi connectivity index (χ0v) is 18.5. The molecule has 1 saturated heterocycles. The van der Waals surface area contributed by atoms with Gasteiger partial charge in [-0.1, -0.05) is 24.2 Å². The molecular formula is C23H31N3O5. The number of aromatic nitrogens is 1. The fourth-order valence-electron chi connectivity index (χ4n) is 3.61. The standard InChI is InChI=1S/C23H31N3O5/c1-17-7-10-25(11-8-17)22(27)9-12-26(13-14-29-2)23(28)20-16-21(31-24-20)18-5-4-6-19(15-18)30-3/h4-6,15-17H,7-14H2,1-3H3. The van der Waals surface area contributed by atoms with Crippen molar-refractivity contribution in [1.82, 2.24) is 15.0 Å². The van der Waals surface area contributed by atoms with E-state index in [0.717, 1.165) is 31.5 Å². The molecule has 0 radical (unpaired) electrons. The monoisotopic (exact) mass is 429 g/mol. The zero-order valence-electron chi connectivity index (χ0n) is 18.5. The van der Waals surface area contributed by atoms with E-state index in [0.29, 0.717) is 37.1 Å². The number of nitrogens with zero attached hydrogens (tertiary/aromatic N) is 3. The van der Waals surface area contributed by atoms with E-state index in [1.165, 1.54) is 0 Å². The molecule has 1 aromatic heterocycles. The van der Waals surface area contributed by atoms with Crippen molar-refractivity contribution in [3.8, 4) is 17.1 Å². The number of hydrogen-bond acceptors (Lipinski definition) is 6. The predicted octanol–water partition coefficient (Wildman–Crippen LogP) is 3.09. The Kier molecular flexibility index (Phi) is 8.06. The first-order valence-electron chi connectivity index (χ1n) is 10.7. The molecule has 0 saturated carbocycles. The summed E-state index contributed by atoms with van der Waals surface area (Å²) in [6, 6.07) is 8.97. The van der Waals surface area contributed by atoms with E-state index < -0.39 is 0 Å². The topological polar surface area (TPSA) is 85.1 Å². The molecule has 0 N–H and O–H groups in total. The molecule has 2 amide bonds. The molecule has 0 spiro atoms. The van der Waals surface area contributed by atoms with Crippen molar-refractivity contribution in [2.75, 3.05) is 47.0 Å². The molecule has 1 aliphatic rings. The van der Waals surface area contributed by atoms with Crippen LogP contribution >= 0.6 is 0 Å². The van der Waals surface area contributed by atoms with Crippen molar-refractivity contribution in [2.45, 2.75) is 26.2 Å². The van der Waals surface area contributed by atoms with Crippen molar-refractivity contribution in [2.24, 2.45) is 5.92 Å². The average molecular weight is 430 g/mol. The third-order valence-corrected chi connectivity index (χ3v) is 5.67. The predicted molar refractivity (Wildman–Crippen MR) is 116 cm³/mol. The van der Waals surface area contributed by atoms with Crippen LogP contribution < -0.4 is 4.74 Å². The van der Waals surface area contributed by atoms with Crippen LogP contribution in [-0.2, 0) is 9.53 Å². The smallest absolute Gasteiger partial charge is 0.276 e. The molecule has 2 heterocycles. The van der Waals surface area contributed by atoms with Crippen LogP contribution in [0.3, 0.4) is 0 Å². The number of rotatable bonds is 9. The molecule has 8 heteroatoms. The maximum Gasteiger partial charge on any atom is 0.276 e. The van der Waals surface area contributed by atoms with Gasteiger partial charge in [0.05, 0.1) is 13.7 Å². The number of amides is 2. The largest absolute Gasteiger partial charge is 0.497 e. The van der Waals surface area contributed by atoms with Crippen molar-refractivity contribution in [1.29, 1.82) is 0 Å². The molecule has 8 nitrogen and oxygen atoms in total. The van der Waals surface area contributed by atoms with Crippen LogP contribution in [0.15, 0.2) is 34.9 Å². The Morgan fingerprint density at radius 1 is 1.19 bits per heavy atom. The van der Waals surface area contributed by atoms with Crippen molar-refractivity contribution in [3.63, 3.8) is 0 Å². The van der Waals surface area contributed by atoms with Gasteiger partial charge in [-0.15, -0.1) is 0 Å². The van der Waals surface area contributed by atoms with Crippen LogP contribution in [0.4, 0.5) is 0 Å². The van der Waals surface area contributed by atoms with E-state index in [9.17, 15) is 9.59 Å². The highest BCUT2D eigenvalue weighted by molar-refractivity contribution is 5.93. The van der Waals surface area contributed by atoms with Gasteiger partial charge in [-0.05, 0) is 30.9 Å². The number of methoxy groups -OCH3 is 2. The number of carbonyl (C=O) groups excluding carboxylic acids is 2. The fraction of sp³-hybridized carbons (Fsp3) is 0.522. The summed E-state index contributed by atoms with van der Waals surface area (Å²) in [6.45, 7) is 4.86. The maximum absolute atomic E-state index is 13.0. The van der Waals surface area contributed by atoms with E-state index in [2.05, 4.69) is 12.1 Å². The van der Waals surface area contributed by atoms with Gasteiger partial charge < -0.3 is 23.8 Å². The lowest BCUT2D eigenvalue weighted by Gasteiger charge is -2.31. The minimum absolute atomic E-state index is 0.0827. The van der Waals surface area contributed by atoms with Crippen LogP contribution in [0.5, 0.6) is 5.75 Å². The lowest BCUT2D eigenvalue weighted by molar-refractivity contribution is -0.132. The Labute approximate surface area is 183 Å². The van der Waals surface area contributed by atoms with E-state index in [-0.39, 0.29) is 23.9 Å². The lowest BCUT2D eigenvalue weighted by Crippen LogP contribution is -2.41. The summed E-state index contributed by atoms with van der Waals surface area (Å²) in [6.07, 6.45) is 2.35. The van der Waals surface area contributed by atoms with Gasteiger partial charge in [-0.25, -0.2) is 0 Å². The Bertz CT molecular complexity index is 874. The van der Waals surface area contributed by atoms with Gasteiger partial charge in [0.25, 0.3) is 5.91 Å². The minimum Gasteiger partial charge on any atom is -0.497 e. The summed E-state index contributed by atoms with van der Waals surface area (Å²) < 4.78 is 15.8. The fourth-order valence-corrected chi connectivity index (χ4v) is 3.61. The maximum atomic E-state index is 13.0. The van der Waals surface area contributed by atoms with Crippen molar-refractivity contribution in [3.05, 3.63) is 36.0 Å². The highest BCUT2D eigenvalue weighted by Crippen LogP contribution is 2.25. The normalized spacial score (nSPS) is 14.5. The molecule has 1 fully saturated rings. The number of ether oxygens (including phenoxy) is 2. The molecule has 31 heavy (non-hydrogen) atoms. The number of hydrogen-bond donors (Lipinski definition) is 0. The van der Waals surface area contributed by atoms with Crippen molar-refractivity contribution >= 4 is 11.8 Å². The van der Waals surface area contributed by atoms with Crippen molar-refractivity contribution < 1.29 is 23.6 Å².